The largest absolute Gasteiger partial charge is 0.389 e. The molecule has 2 unspecified atom stereocenters. The number of rotatable bonds is 6. The number of β-amino-alcohol motifs (C(OH)–C–C–N with tert-alkyl or cyclic N) is 1. The first-order valence-corrected chi connectivity index (χ1v) is 7.89. The lowest BCUT2D eigenvalue weighted by Crippen LogP contribution is -2.49. The molecule has 2 atom stereocenters. The average Bonchev–Trinajstić information content (AvgIpc) is 2.47. The molecule has 0 saturated carbocycles. The molecular formula is C15H23F2N2O2P. The molecule has 22 heavy (non-hydrogen) atoms. The number of piperazine rings is 1. The van der Waals surface area contributed by atoms with Gasteiger partial charge in [-0.15, -0.1) is 0 Å². The van der Waals surface area contributed by atoms with Gasteiger partial charge in [0.15, 0.2) is 0 Å². The number of anilines is 1. The standard InChI is InChI=1S/C15H23F2N2O2P/c1-21-11-14(20)10-18-5-7-19(8-6-18)13-4-2-3-12(9-13)15(16,17)22/h2-4,9,14,20H,5-8,10-11,22H2,1H3. The highest BCUT2D eigenvalue weighted by Gasteiger charge is 2.26. The van der Waals surface area contributed by atoms with Crippen molar-refractivity contribution in [1.29, 1.82) is 0 Å². The van der Waals surface area contributed by atoms with Crippen molar-refractivity contribution in [2.45, 2.75) is 11.8 Å². The summed E-state index contributed by atoms with van der Waals surface area (Å²) in [5.74, 6) is 0. The zero-order valence-corrected chi connectivity index (χ0v) is 13.9. The Morgan fingerprint density at radius 3 is 2.59 bits per heavy atom. The maximum absolute atomic E-state index is 13.4. The molecule has 0 spiro atoms. The Bertz CT molecular complexity index is 477. The van der Waals surface area contributed by atoms with E-state index >= 15 is 0 Å². The first-order chi connectivity index (χ1) is 10.4. The van der Waals surface area contributed by atoms with Crippen molar-refractivity contribution in [3.8, 4) is 0 Å². The molecule has 0 aliphatic carbocycles. The van der Waals surface area contributed by atoms with Gasteiger partial charge in [0.25, 0.3) is 5.66 Å². The molecule has 0 aromatic heterocycles. The summed E-state index contributed by atoms with van der Waals surface area (Å²) in [6, 6.07) is 6.50. The second-order valence-electron chi connectivity index (χ2n) is 5.57. The van der Waals surface area contributed by atoms with E-state index in [4.69, 9.17) is 4.74 Å². The predicted molar refractivity (Wildman–Crippen MR) is 86.6 cm³/mol. The minimum absolute atomic E-state index is 0.00736. The lowest BCUT2D eigenvalue weighted by atomic mass is 10.1. The molecule has 1 aliphatic rings. The Morgan fingerprint density at radius 2 is 2.00 bits per heavy atom. The van der Waals surface area contributed by atoms with Crippen LogP contribution in [0.15, 0.2) is 24.3 Å². The van der Waals surface area contributed by atoms with Crippen LogP contribution in [-0.4, -0.2) is 62.6 Å². The van der Waals surface area contributed by atoms with E-state index < -0.39 is 11.8 Å². The van der Waals surface area contributed by atoms with Crippen molar-refractivity contribution in [3.63, 3.8) is 0 Å². The highest BCUT2D eigenvalue weighted by Crippen LogP contribution is 2.36. The van der Waals surface area contributed by atoms with E-state index in [-0.39, 0.29) is 5.56 Å². The molecule has 1 aromatic rings. The molecule has 0 bridgehead atoms. The number of halogens is 2. The molecule has 7 heteroatoms. The molecule has 2 rings (SSSR count). The molecule has 4 nitrogen and oxygen atoms in total. The Morgan fingerprint density at radius 1 is 1.32 bits per heavy atom. The minimum Gasteiger partial charge on any atom is -0.389 e. The molecular weight excluding hydrogens is 309 g/mol. The predicted octanol–water partition coefficient (Wildman–Crippen LogP) is 1.74. The van der Waals surface area contributed by atoms with Crippen LogP contribution in [0.2, 0.25) is 0 Å². The second-order valence-corrected chi connectivity index (χ2v) is 6.30. The molecule has 0 radical (unpaired) electrons. The van der Waals surface area contributed by atoms with Gasteiger partial charge in [0.05, 0.1) is 12.7 Å². The molecule has 1 N–H and O–H groups in total. The molecule has 1 aromatic carbocycles. The van der Waals surface area contributed by atoms with Gasteiger partial charge in [0.1, 0.15) is 0 Å². The molecule has 124 valence electrons. The number of ether oxygens (including phenoxy) is 1. The lowest BCUT2D eigenvalue weighted by molar-refractivity contribution is 0.0365. The molecule has 1 aliphatic heterocycles. The van der Waals surface area contributed by atoms with Gasteiger partial charge in [-0.05, 0) is 12.1 Å². The Kier molecular flexibility index (Phi) is 6.09. The molecule has 1 fully saturated rings. The van der Waals surface area contributed by atoms with E-state index in [0.29, 0.717) is 13.2 Å². The maximum Gasteiger partial charge on any atom is 0.283 e. The van der Waals surface area contributed by atoms with E-state index in [1.54, 1.807) is 28.5 Å². The summed E-state index contributed by atoms with van der Waals surface area (Å²) in [5.41, 5.74) is -2.08. The van der Waals surface area contributed by atoms with Gasteiger partial charge in [0, 0.05) is 51.1 Å². The molecule has 0 amide bonds. The van der Waals surface area contributed by atoms with Crippen LogP contribution in [0.25, 0.3) is 0 Å². The van der Waals surface area contributed by atoms with Crippen LogP contribution in [0.5, 0.6) is 0 Å². The Hall–Kier alpha value is -0.810. The van der Waals surface area contributed by atoms with Crippen molar-refractivity contribution in [2.75, 3.05) is 51.3 Å². The van der Waals surface area contributed by atoms with Gasteiger partial charge >= 0.3 is 0 Å². The summed E-state index contributed by atoms with van der Waals surface area (Å²) in [4.78, 5) is 4.26. The van der Waals surface area contributed by atoms with Crippen LogP contribution in [0, 0.1) is 0 Å². The second kappa shape index (κ2) is 7.64. The number of hydrogen-bond acceptors (Lipinski definition) is 4. The summed E-state index contributed by atoms with van der Waals surface area (Å²) >= 11 is 0. The van der Waals surface area contributed by atoms with Gasteiger partial charge in [0.2, 0.25) is 0 Å². The fourth-order valence-electron chi connectivity index (χ4n) is 2.64. The average molecular weight is 332 g/mol. The SMILES string of the molecule is COCC(O)CN1CCN(c2cccc(C(F)(F)P)c2)CC1. The highest BCUT2D eigenvalue weighted by molar-refractivity contribution is 7.17. The minimum atomic E-state index is -2.90. The zero-order chi connectivity index (χ0) is 16.2. The normalized spacial score (nSPS) is 18.5. The van der Waals surface area contributed by atoms with E-state index in [2.05, 4.69) is 9.80 Å². The van der Waals surface area contributed by atoms with Gasteiger partial charge in [-0.25, -0.2) is 0 Å². The van der Waals surface area contributed by atoms with E-state index in [1.807, 2.05) is 6.07 Å². The van der Waals surface area contributed by atoms with Gasteiger partial charge in [-0.2, -0.15) is 8.78 Å². The third-order valence-corrected chi connectivity index (χ3v) is 4.13. The summed E-state index contributed by atoms with van der Waals surface area (Å²) < 4.78 is 31.7. The number of nitrogens with zero attached hydrogens (tertiary/aromatic N) is 2. The van der Waals surface area contributed by atoms with Gasteiger partial charge < -0.3 is 14.7 Å². The summed E-state index contributed by atoms with van der Waals surface area (Å²) in [6.07, 6.45) is -0.490. The number of aliphatic hydroxyl groups is 1. The molecule has 1 saturated heterocycles. The van der Waals surface area contributed by atoms with Crippen molar-refractivity contribution in [1.82, 2.24) is 4.90 Å². The van der Waals surface area contributed by atoms with Crippen LogP contribution in [0.3, 0.4) is 0 Å². The fourth-order valence-corrected chi connectivity index (χ4v) is 2.82. The number of methoxy groups -OCH3 is 1. The van der Waals surface area contributed by atoms with E-state index in [9.17, 15) is 13.9 Å². The van der Waals surface area contributed by atoms with Crippen LogP contribution < -0.4 is 4.90 Å². The smallest absolute Gasteiger partial charge is 0.283 e. The van der Waals surface area contributed by atoms with Crippen molar-refractivity contribution in [2.24, 2.45) is 0 Å². The summed E-state index contributed by atoms with van der Waals surface area (Å²) in [7, 11) is 3.14. The zero-order valence-electron chi connectivity index (χ0n) is 12.7. The van der Waals surface area contributed by atoms with Crippen molar-refractivity contribution in [3.05, 3.63) is 29.8 Å². The van der Waals surface area contributed by atoms with Crippen molar-refractivity contribution >= 4 is 14.9 Å². The first-order valence-electron chi connectivity index (χ1n) is 7.31. The van der Waals surface area contributed by atoms with Crippen LogP contribution in [0.4, 0.5) is 14.5 Å². The number of hydrogen-bond donors (Lipinski definition) is 1. The van der Waals surface area contributed by atoms with Gasteiger partial charge in [-0.1, -0.05) is 21.4 Å². The number of aliphatic hydroxyl groups excluding tert-OH is 1. The topological polar surface area (TPSA) is 35.9 Å². The Labute approximate surface area is 132 Å². The quantitative estimate of drug-likeness (QED) is 0.805. The van der Waals surface area contributed by atoms with Crippen molar-refractivity contribution < 1.29 is 18.6 Å². The summed E-state index contributed by atoms with van der Waals surface area (Å²) in [6.45, 7) is 4.00. The third kappa shape index (κ3) is 4.85. The first kappa shape index (κ1) is 17.5. The van der Waals surface area contributed by atoms with Crippen LogP contribution in [0.1, 0.15) is 5.56 Å². The lowest BCUT2D eigenvalue weighted by Gasteiger charge is -2.37. The van der Waals surface area contributed by atoms with Gasteiger partial charge in [-0.3, -0.25) is 4.90 Å². The molecule has 1 heterocycles. The number of benzene rings is 1. The Balaban J connectivity index is 1.92. The summed E-state index contributed by atoms with van der Waals surface area (Å²) in [5, 5.41) is 9.74. The fraction of sp³-hybridized carbons (Fsp3) is 0.600. The van der Waals surface area contributed by atoms with Crippen LogP contribution >= 0.6 is 9.24 Å². The number of alkyl halides is 2. The highest BCUT2D eigenvalue weighted by atomic mass is 31.0. The monoisotopic (exact) mass is 332 g/mol. The van der Waals surface area contributed by atoms with Crippen LogP contribution in [-0.2, 0) is 10.4 Å². The van der Waals surface area contributed by atoms with E-state index in [1.165, 1.54) is 6.07 Å². The third-order valence-electron chi connectivity index (χ3n) is 3.80. The maximum atomic E-state index is 13.4. The van der Waals surface area contributed by atoms with E-state index in [0.717, 1.165) is 31.9 Å².